The Bertz CT molecular complexity index is 1390. The molecule has 2 atom stereocenters. The summed E-state index contributed by atoms with van der Waals surface area (Å²) in [5, 5.41) is 13.0. The van der Waals surface area contributed by atoms with E-state index < -0.39 is 0 Å². The number of allylic oxidation sites excluding steroid dienone is 1. The van der Waals surface area contributed by atoms with Crippen molar-refractivity contribution < 1.29 is 36.0 Å². The van der Waals surface area contributed by atoms with Crippen molar-refractivity contribution in [2.75, 3.05) is 13.6 Å². The normalized spacial score (nSPS) is 16.4. The highest BCUT2D eigenvalue weighted by Crippen LogP contribution is 2.35. The average molecular weight is 608 g/mol. The predicted octanol–water partition coefficient (Wildman–Crippen LogP) is 3.83. The summed E-state index contributed by atoms with van der Waals surface area (Å²) in [6.45, 7) is 13.0. The van der Waals surface area contributed by atoms with Gasteiger partial charge >= 0.3 is 0 Å². The van der Waals surface area contributed by atoms with Crippen LogP contribution < -0.4 is 21.7 Å². The molecule has 1 N–H and O–H groups in total. The molecule has 2 heterocycles. The van der Waals surface area contributed by atoms with Crippen molar-refractivity contribution in [3.05, 3.63) is 82.7 Å². The van der Waals surface area contributed by atoms with E-state index in [1.165, 1.54) is 16.3 Å². The maximum atomic E-state index is 10.5. The van der Waals surface area contributed by atoms with E-state index in [9.17, 15) is 5.11 Å². The molecule has 0 amide bonds. The lowest BCUT2D eigenvalue weighted by atomic mass is 9.98. The quantitative estimate of drug-likeness (QED) is 0.297. The predicted molar refractivity (Wildman–Crippen MR) is 158 cm³/mol. The first-order valence-electron chi connectivity index (χ1n) is 14.0. The maximum absolute atomic E-state index is 10.5. The van der Waals surface area contributed by atoms with Crippen molar-refractivity contribution in [3.8, 4) is 17.6 Å². The zero-order chi connectivity index (χ0) is 28.0. The molecule has 5 nitrogen and oxygen atoms in total. The summed E-state index contributed by atoms with van der Waals surface area (Å²) in [4.78, 5) is 5.01. The van der Waals surface area contributed by atoms with Crippen LogP contribution in [0.2, 0.25) is 0 Å². The minimum atomic E-state index is -0.257. The van der Waals surface area contributed by atoms with Gasteiger partial charge in [-0.15, -0.1) is 0 Å². The van der Waals surface area contributed by atoms with Crippen molar-refractivity contribution in [3.63, 3.8) is 0 Å². The van der Waals surface area contributed by atoms with E-state index in [0.29, 0.717) is 17.6 Å². The van der Waals surface area contributed by atoms with Crippen LogP contribution in [0.4, 0.5) is 0 Å². The van der Waals surface area contributed by atoms with E-state index in [4.69, 9.17) is 14.5 Å². The molecular weight excluding hydrogens is 564 g/mol. The van der Waals surface area contributed by atoms with Crippen LogP contribution in [0, 0.1) is 24.2 Å². The topological polar surface area (TPSA) is 51.6 Å². The van der Waals surface area contributed by atoms with Crippen molar-refractivity contribution in [2.24, 2.45) is 5.41 Å². The first-order chi connectivity index (χ1) is 18.6. The van der Waals surface area contributed by atoms with Gasteiger partial charge in [-0.3, -0.25) is 0 Å². The number of halogens is 1. The molecule has 3 aromatic rings. The van der Waals surface area contributed by atoms with Gasteiger partial charge in [-0.1, -0.05) is 67.6 Å². The number of aromatic nitrogens is 1. The summed E-state index contributed by atoms with van der Waals surface area (Å²) < 4.78 is 12.8. The first kappa shape index (κ1) is 31.8. The highest BCUT2D eigenvalue weighted by atomic mass is 79.9. The lowest BCUT2D eigenvalue weighted by molar-refractivity contribution is -0.930. The molecule has 0 aliphatic carbocycles. The molecule has 2 aromatic carbocycles. The van der Waals surface area contributed by atoms with E-state index in [-0.39, 0.29) is 35.3 Å². The number of fused-ring (bicyclic) bond motifs is 2. The fraction of sp³-hybridized carbons (Fsp3) is 0.441. The van der Waals surface area contributed by atoms with Crippen LogP contribution in [-0.4, -0.2) is 34.5 Å². The Balaban J connectivity index is 0.00000441. The van der Waals surface area contributed by atoms with Crippen LogP contribution in [0.3, 0.4) is 0 Å². The van der Waals surface area contributed by atoms with Gasteiger partial charge in [0.05, 0.1) is 32.5 Å². The Morgan fingerprint density at radius 2 is 1.88 bits per heavy atom. The molecule has 40 heavy (non-hydrogen) atoms. The zero-order valence-electron chi connectivity index (χ0n) is 24.8. The summed E-state index contributed by atoms with van der Waals surface area (Å²) in [6, 6.07) is 15.1. The van der Waals surface area contributed by atoms with Gasteiger partial charge in [0.25, 0.3) is 0 Å². The number of aryl methyl sites for hydroxylation is 1. The van der Waals surface area contributed by atoms with Gasteiger partial charge in [0, 0.05) is 28.5 Å². The molecule has 0 radical (unpaired) electrons. The Hall–Kier alpha value is -2.69. The number of quaternary nitrogens is 1. The Labute approximate surface area is 250 Å². The Morgan fingerprint density at radius 3 is 2.60 bits per heavy atom. The number of aliphatic hydroxyl groups is 1. The number of hydrogen-bond donors (Lipinski definition) is 1. The van der Waals surface area contributed by atoms with Crippen molar-refractivity contribution in [2.45, 2.75) is 80.1 Å². The first-order valence-corrected chi connectivity index (χ1v) is 14.0. The summed E-state index contributed by atoms with van der Waals surface area (Å²) in [5.41, 5.74) is 4.75. The standard InChI is InChI=1S/C34H43N2O3.BrH/c1-7-14-32-38-24-30-29(23-37)31(35-25(2)33(30)39-32)22-36(6,20-12-8-11-19-34(3,4)5)21-27-17-13-16-26-15-9-10-18-28(26)27;/h8-10,12-13,15-18,32,37H,7,14,20-24H2,1-6H3;1H/q+1;/p-1/b12-8+;. The van der Waals surface area contributed by atoms with Crippen LogP contribution in [0.1, 0.15) is 68.6 Å². The van der Waals surface area contributed by atoms with E-state index in [1.807, 2.05) is 13.0 Å². The van der Waals surface area contributed by atoms with Crippen molar-refractivity contribution in [1.29, 1.82) is 0 Å². The number of benzene rings is 2. The Kier molecular flexibility index (Phi) is 11.0. The van der Waals surface area contributed by atoms with E-state index in [2.05, 4.69) is 95.1 Å². The smallest absolute Gasteiger partial charge is 0.200 e. The average Bonchev–Trinajstić information content (AvgIpc) is 2.89. The molecule has 1 aliphatic rings. The molecule has 0 saturated heterocycles. The van der Waals surface area contributed by atoms with E-state index in [1.54, 1.807) is 0 Å². The number of rotatable bonds is 9. The molecular formula is C34H43BrN2O3. The molecule has 2 unspecified atom stereocenters. The van der Waals surface area contributed by atoms with E-state index in [0.717, 1.165) is 54.2 Å². The molecule has 0 spiro atoms. The number of pyridine rings is 1. The summed E-state index contributed by atoms with van der Waals surface area (Å²) in [7, 11) is 2.26. The second kappa shape index (κ2) is 13.8. The van der Waals surface area contributed by atoms with Crippen LogP contribution in [0.25, 0.3) is 10.8 Å². The van der Waals surface area contributed by atoms with Crippen LogP contribution >= 0.6 is 0 Å². The molecule has 0 fully saturated rings. The van der Waals surface area contributed by atoms with Gasteiger partial charge in [-0.25, -0.2) is 4.98 Å². The van der Waals surface area contributed by atoms with Crippen LogP contribution in [-0.2, 0) is 31.0 Å². The molecule has 4 rings (SSSR count). The van der Waals surface area contributed by atoms with Gasteiger partial charge in [0.15, 0.2) is 6.29 Å². The second-order valence-electron chi connectivity index (χ2n) is 11.9. The van der Waals surface area contributed by atoms with Crippen molar-refractivity contribution >= 4 is 10.8 Å². The van der Waals surface area contributed by atoms with Crippen molar-refractivity contribution in [1.82, 2.24) is 4.98 Å². The maximum Gasteiger partial charge on any atom is 0.200 e. The summed E-state index contributed by atoms with van der Waals surface area (Å²) in [6.07, 6.45) is 5.69. The minimum absolute atomic E-state index is 0. The third kappa shape index (κ3) is 7.95. The summed E-state index contributed by atoms with van der Waals surface area (Å²) in [5.74, 6) is 7.27. The highest BCUT2D eigenvalue weighted by molar-refractivity contribution is 5.85. The van der Waals surface area contributed by atoms with E-state index >= 15 is 0 Å². The summed E-state index contributed by atoms with van der Waals surface area (Å²) >= 11 is 0. The van der Waals surface area contributed by atoms with Gasteiger partial charge in [-0.05, 0) is 50.6 Å². The number of likely N-dealkylation sites (N-methyl/N-ethyl adjacent to an activating group) is 1. The van der Waals surface area contributed by atoms with Crippen LogP contribution in [0.5, 0.6) is 5.75 Å². The highest BCUT2D eigenvalue weighted by Gasteiger charge is 2.30. The molecule has 0 saturated carbocycles. The molecule has 1 aromatic heterocycles. The minimum Gasteiger partial charge on any atom is -1.00 e. The monoisotopic (exact) mass is 606 g/mol. The largest absolute Gasteiger partial charge is 1.00 e. The van der Waals surface area contributed by atoms with Gasteiger partial charge in [0.1, 0.15) is 24.5 Å². The number of ether oxygens (including phenoxy) is 2. The molecule has 1 aliphatic heterocycles. The SMILES string of the molecule is CCCC1OCc2c(CO)c(C[N+](C)(C/C=C/C#CC(C)(C)C)Cc3cccc4ccccc34)nc(C)c2O1.[Br-]. The number of aliphatic hydroxyl groups excluding tert-OH is 1. The third-order valence-electron chi connectivity index (χ3n) is 7.12. The third-order valence-corrected chi connectivity index (χ3v) is 7.12. The number of nitrogens with zero attached hydrogens (tertiary/aromatic N) is 2. The number of hydrogen-bond acceptors (Lipinski definition) is 4. The van der Waals surface area contributed by atoms with Gasteiger partial charge in [-0.2, -0.15) is 0 Å². The zero-order valence-corrected chi connectivity index (χ0v) is 26.3. The molecule has 0 bridgehead atoms. The second-order valence-corrected chi connectivity index (χ2v) is 11.9. The lowest BCUT2D eigenvalue weighted by Crippen LogP contribution is -3.00. The van der Waals surface area contributed by atoms with Gasteiger partial charge in [0.2, 0.25) is 0 Å². The lowest BCUT2D eigenvalue weighted by Gasteiger charge is -2.35. The van der Waals surface area contributed by atoms with Gasteiger partial charge < -0.3 is 36.0 Å². The Morgan fingerprint density at radius 1 is 1.12 bits per heavy atom. The molecule has 6 heteroatoms. The van der Waals surface area contributed by atoms with Crippen LogP contribution in [0.15, 0.2) is 54.6 Å². The fourth-order valence-corrected chi connectivity index (χ4v) is 5.21. The molecule has 214 valence electrons. The fourth-order valence-electron chi connectivity index (χ4n) is 5.21.